The van der Waals surface area contributed by atoms with E-state index < -0.39 is 10.1 Å². The molecule has 0 amide bonds. The summed E-state index contributed by atoms with van der Waals surface area (Å²) in [7, 11) is -1.69. The van der Waals surface area contributed by atoms with Crippen molar-refractivity contribution in [3.05, 3.63) is 0 Å². The first-order valence-electron chi connectivity index (χ1n) is 3.48. The fraction of sp³-hybridized carbons (Fsp3) is 1.00. The van der Waals surface area contributed by atoms with Crippen LogP contribution in [0.5, 0.6) is 0 Å². The van der Waals surface area contributed by atoms with Crippen molar-refractivity contribution < 1.29 is 17.3 Å². The lowest BCUT2D eigenvalue weighted by molar-refractivity contribution is 0.174. The summed E-state index contributed by atoms with van der Waals surface area (Å²) in [5.74, 6) is 0.0278. The molecule has 0 aliphatic heterocycles. The molecule has 0 atom stereocenters. The van der Waals surface area contributed by atoms with Crippen molar-refractivity contribution in [2.75, 3.05) is 26.1 Å². The lowest BCUT2D eigenvalue weighted by atomic mass is 10.5. The third-order valence-electron chi connectivity index (χ3n) is 1.11. The quantitative estimate of drug-likeness (QED) is 0.440. The summed E-state index contributed by atoms with van der Waals surface area (Å²) < 4.78 is 30.7. The summed E-state index contributed by atoms with van der Waals surface area (Å²) >= 11 is 0. The van der Waals surface area contributed by atoms with E-state index in [2.05, 4.69) is 4.18 Å². The van der Waals surface area contributed by atoms with Crippen molar-refractivity contribution in [1.29, 1.82) is 0 Å². The Kier molecular flexibility index (Phi) is 5.45. The minimum Gasteiger partial charge on any atom is -0.385 e. The van der Waals surface area contributed by atoms with Crippen LogP contribution in [0.2, 0.25) is 0 Å². The third-order valence-corrected chi connectivity index (χ3v) is 2.34. The first-order valence-corrected chi connectivity index (χ1v) is 5.06. The van der Waals surface area contributed by atoms with Crippen LogP contribution in [0.15, 0.2) is 0 Å². The molecule has 5 heteroatoms. The molecule has 0 heterocycles. The van der Waals surface area contributed by atoms with Crippen molar-refractivity contribution in [3.63, 3.8) is 0 Å². The molecule has 0 unspecified atom stereocenters. The maximum atomic E-state index is 10.7. The minimum atomic E-state index is -3.26. The molecule has 0 N–H and O–H groups in total. The Morgan fingerprint density at radius 2 is 1.91 bits per heavy atom. The molecule has 11 heavy (non-hydrogen) atoms. The second-order valence-electron chi connectivity index (χ2n) is 2.01. The first kappa shape index (κ1) is 10.9. The summed E-state index contributed by atoms with van der Waals surface area (Å²) in [4.78, 5) is 0. The van der Waals surface area contributed by atoms with Crippen molar-refractivity contribution in [2.24, 2.45) is 0 Å². The van der Waals surface area contributed by atoms with Gasteiger partial charge in [0.1, 0.15) is 0 Å². The van der Waals surface area contributed by atoms with Crippen LogP contribution in [-0.4, -0.2) is 34.5 Å². The number of rotatable bonds is 6. The highest BCUT2D eigenvalue weighted by molar-refractivity contribution is 7.86. The molecular formula is C6H14O4S. The highest BCUT2D eigenvalue weighted by Gasteiger charge is 2.05. The first-order chi connectivity index (χ1) is 5.12. The van der Waals surface area contributed by atoms with Gasteiger partial charge in [-0.3, -0.25) is 4.18 Å². The van der Waals surface area contributed by atoms with Gasteiger partial charge in [0.25, 0.3) is 10.1 Å². The Bertz CT molecular complexity index is 173. The van der Waals surface area contributed by atoms with E-state index in [1.54, 1.807) is 14.0 Å². The Hall–Kier alpha value is -0.130. The molecule has 0 rings (SSSR count). The van der Waals surface area contributed by atoms with Crippen LogP contribution in [0.4, 0.5) is 0 Å². The predicted molar refractivity (Wildman–Crippen MR) is 41.9 cm³/mol. The maximum Gasteiger partial charge on any atom is 0.267 e. The zero-order valence-corrected chi connectivity index (χ0v) is 7.69. The van der Waals surface area contributed by atoms with Gasteiger partial charge in [0, 0.05) is 13.7 Å². The van der Waals surface area contributed by atoms with Gasteiger partial charge >= 0.3 is 0 Å². The van der Waals surface area contributed by atoms with E-state index in [1.807, 2.05) is 0 Å². The molecular weight excluding hydrogens is 168 g/mol. The zero-order valence-electron chi connectivity index (χ0n) is 6.87. The Morgan fingerprint density at radius 3 is 2.36 bits per heavy atom. The molecule has 0 aromatic carbocycles. The van der Waals surface area contributed by atoms with Crippen LogP contribution in [0.25, 0.3) is 0 Å². The lowest BCUT2D eigenvalue weighted by Crippen LogP contribution is -2.10. The largest absolute Gasteiger partial charge is 0.385 e. The Labute approximate surface area is 67.6 Å². The van der Waals surface area contributed by atoms with E-state index in [1.165, 1.54) is 0 Å². The van der Waals surface area contributed by atoms with Gasteiger partial charge in [0.2, 0.25) is 0 Å². The molecule has 0 aromatic heterocycles. The second-order valence-corrected chi connectivity index (χ2v) is 3.94. The molecule has 68 valence electrons. The van der Waals surface area contributed by atoms with Crippen LogP contribution in [0.1, 0.15) is 13.3 Å². The fourth-order valence-corrected chi connectivity index (χ4v) is 1.01. The molecule has 0 aliphatic carbocycles. The van der Waals surface area contributed by atoms with Gasteiger partial charge in [-0.25, -0.2) is 0 Å². The van der Waals surface area contributed by atoms with Gasteiger partial charge in [0.05, 0.1) is 12.4 Å². The standard InChI is InChI=1S/C6H14O4S/c1-3-11(7,8)10-6-4-5-9-2/h3-6H2,1-2H3. The summed E-state index contributed by atoms with van der Waals surface area (Å²) in [6.07, 6.45) is 0.607. The number of ether oxygens (including phenoxy) is 1. The monoisotopic (exact) mass is 182 g/mol. The van der Waals surface area contributed by atoms with E-state index in [-0.39, 0.29) is 12.4 Å². The van der Waals surface area contributed by atoms with Crippen LogP contribution < -0.4 is 0 Å². The van der Waals surface area contributed by atoms with Crippen LogP contribution >= 0.6 is 0 Å². The van der Waals surface area contributed by atoms with E-state index in [4.69, 9.17) is 4.74 Å². The molecule has 0 spiro atoms. The van der Waals surface area contributed by atoms with E-state index >= 15 is 0 Å². The molecule has 0 saturated carbocycles. The minimum absolute atomic E-state index is 0.0278. The highest BCUT2D eigenvalue weighted by atomic mass is 32.2. The summed E-state index contributed by atoms with van der Waals surface area (Å²) in [6.45, 7) is 2.29. The van der Waals surface area contributed by atoms with Gasteiger partial charge in [-0.2, -0.15) is 8.42 Å². The van der Waals surface area contributed by atoms with Crippen molar-refractivity contribution in [1.82, 2.24) is 0 Å². The molecule has 0 aromatic rings. The van der Waals surface area contributed by atoms with Gasteiger partial charge in [-0.15, -0.1) is 0 Å². The molecule has 0 fully saturated rings. The van der Waals surface area contributed by atoms with Crippen molar-refractivity contribution in [2.45, 2.75) is 13.3 Å². The van der Waals surface area contributed by atoms with Gasteiger partial charge in [0.15, 0.2) is 0 Å². The summed E-state index contributed by atoms with van der Waals surface area (Å²) in [5, 5.41) is 0. The van der Waals surface area contributed by atoms with E-state index in [0.717, 1.165) is 0 Å². The van der Waals surface area contributed by atoms with Crippen molar-refractivity contribution in [3.8, 4) is 0 Å². The van der Waals surface area contributed by atoms with E-state index in [9.17, 15) is 8.42 Å². The predicted octanol–water partition coefficient (Wildman–Crippen LogP) is 0.389. The highest BCUT2D eigenvalue weighted by Crippen LogP contribution is 1.93. The molecule has 0 bridgehead atoms. The molecule has 0 saturated heterocycles. The third kappa shape index (κ3) is 6.28. The molecule has 4 nitrogen and oxygen atoms in total. The Balaban J connectivity index is 3.39. The SMILES string of the molecule is CCS(=O)(=O)OCCCOC. The number of hydrogen-bond acceptors (Lipinski definition) is 4. The maximum absolute atomic E-state index is 10.7. The van der Waals surface area contributed by atoms with Gasteiger partial charge in [-0.05, 0) is 13.3 Å². The number of methoxy groups -OCH3 is 1. The molecule has 0 aliphatic rings. The van der Waals surface area contributed by atoms with E-state index in [0.29, 0.717) is 13.0 Å². The van der Waals surface area contributed by atoms with Crippen LogP contribution in [-0.2, 0) is 19.0 Å². The summed E-state index contributed by atoms with van der Waals surface area (Å²) in [5.41, 5.74) is 0. The van der Waals surface area contributed by atoms with Gasteiger partial charge < -0.3 is 4.74 Å². The fourth-order valence-electron chi connectivity index (χ4n) is 0.472. The normalized spacial score (nSPS) is 11.8. The number of hydrogen-bond donors (Lipinski definition) is 0. The average Bonchev–Trinajstić information content (AvgIpc) is 1.99. The second kappa shape index (κ2) is 5.51. The molecule has 0 radical (unpaired) electrons. The smallest absolute Gasteiger partial charge is 0.267 e. The van der Waals surface area contributed by atoms with Crippen molar-refractivity contribution >= 4 is 10.1 Å². The average molecular weight is 182 g/mol. The Morgan fingerprint density at radius 1 is 1.27 bits per heavy atom. The van der Waals surface area contributed by atoms with Gasteiger partial charge in [-0.1, -0.05) is 0 Å². The van der Waals surface area contributed by atoms with Crippen LogP contribution in [0.3, 0.4) is 0 Å². The lowest BCUT2D eigenvalue weighted by Gasteiger charge is -2.01. The topological polar surface area (TPSA) is 52.6 Å². The summed E-state index contributed by atoms with van der Waals surface area (Å²) in [6, 6.07) is 0. The van der Waals surface area contributed by atoms with Crippen LogP contribution in [0, 0.1) is 0 Å². The zero-order chi connectivity index (χ0) is 8.74.